The molecule has 0 fully saturated rings. The minimum atomic E-state index is -0.0188. The summed E-state index contributed by atoms with van der Waals surface area (Å²) in [6.45, 7) is 5.11. The zero-order valence-electron chi connectivity index (χ0n) is 14.7. The lowest BCUT2D eigenvalue weighted by Gasteiger charge is -2.14. The molecule has 25 heavy (non-hydrogen) atoms. The van der Waals surface area contributed by atoms with E-state index in [1.165, 1.54) is 5.56 Å². The Morgan fingerprint density at radius 1 is 1.16 bits per heavy atom. The van der Waals surface area contributed by atoms with Crippen molar-refractivity contribution in [2.45, 2.75) is 19.5 Å². The van der Waals surface area contributed by atoms with Crippen molar-refractivity contribution in [3.05, 3.63) is 59.7 Å². The van der Waals surface area contributed by atoms with Gasteiger partial charge in [0.1, 0.15) is 30.8 Å². The zero-order valence-corrected chi connectivity index (χ0v) is 14.7. The summed E-state index contributed by atoms with van der Waals surface area (Å²) >= 11 is 0. The first-order valence-electron chi connectivity index (χ1n) is 8.54. The molecule has 0 aliphatic carbocycles. The van der Waals surface area contributed by atoms with Crippen LogP contribution in [0, 0.1) is 0 Å². The Bertz CT molecular complexity index is 711. The monoisotopic (exact) mass is 340 g/mol. The molecule has 0 spiro atoms. The first-order chi connectivity index (χ1) is 12.1. The Morgan fingerprint density at radius 3 is 2.56 bits per heavy atom. The molecule has 1 heterocycles. The van der Waals surface area contributed by atoms with Gasteiger partial charge in [-0.3, -0.25) is 0 Å². The number of hydrogen-bond acceptors (Lipinski definition) is 5. The van der Waals surface area contributed by atoms with E-state index in [9.17, 15) is 5.11 Å². The van der Waals surface area contributed by atoms with Gasteiger partial charge >= 0.3 is 0 Å². The SMILES string of the molecule is CCN(C)Cc1ccc(OCC2COC(c3ccc(O)cc3)=N2)cc1. The van der Waals surface area contributed by atoms with Crippen LogP contribution in [0.5, 0.6) is 11.5 Å². The summed E-state index contributed by atoms with van der Waals surface area (Å²) in [6, 6.07) is 15.0. The fourth-order valence-electron chi connectivity index (χ4n) is 2.57. The van der Waals surface area contributed by atoms with Crippen LogP contribution < -0.4 is 4.74 Å². The van der Waals surface area contributed by atoms with Gasteiger partial charge in [0.2, 0.25) is 5.90 Å². The van der Waals surface area contributed by atoms with Crippen LogP contribution in [0.15, 0.2) is 53.5 Å². The average Bonchev–Trinajstić information content (AvgIpc) is 3.10. The Morgan fingerprint density at radius 2 is 1.88 bits per heavy atom. The standard InChI is InChI=1S/C20H24N2O3/c1-3-22(2)12-15-4-10-19(11-5-15)24-13-17-14-25-20(21-17)16-6-8-18(23)9-7-16/h4-11,17,23H,3,12-14H2,1-2H3. The van der Waals surface area contributed by atoms with E-state index in [4.69, 9.17) is 9.47 Å². The van der Waals surface area contributed by atoms with Gasteiger partial charge in [0.25, 0.3) is 0 Å². The minimum absolute atomic E-state index is 0.0188. The maximum Gasteiger partial charge on any atom is 0.216 e. The molecule has 5 nitrogen and oxygen atoms in total. The highest BCUT2D eigenvalue weighted by Crippen LogP contribution is 2.18. The summed E-state index contributed by atoms with van der Waals surface area (Å²) in [5.74, 6) is 1.68. The molecule has 0 bridgehead atoms. The number of phenolic OH excluding ortho intramolecular Hbond substituents is 1. The van der Waals surface area contributed by atoms with Crippen LogP contribution in [-0.4, -0.2) is 48.8 Å². The molecule has 0 saturated heterocycles. The van der Waals surface area contributed by atoms with Gasteiger partial charge in [-0.15, -0.1) is 0 Å². The Kier molecular flexibility index (Phi) is 5.56. The van der Waals surface area contributed by atoms with Crippen molar-refractivity contribution in [1.29, 1.82) is 0 Å². The third-order valence-corrected chi connectivity index (χ3v) is 4.18. The van der Waals surface area contributed by atoms with Gasteiger partial charge in [0.15, 0.2) is 0 Å². The van der Waals surface area contributed by atoms with Crippen molar-refractivity contribution < 1.29 is 14.6 Å². The first-order valence-corrected chi connectivity index (χ1v) is 8.54. The lowest BCUT2D eigenvalue weighted by molar-refractivity contribution is 0.243. The fourth-order valence-corrected chi connectivity index (χ4v) is 2.57. The Labute approximate surface area is 148 Å². The highest BCUT2D eigenvalue weighted by molar-refractivity contribution is 5.95. The summed E-state index contributed by atoms with van der Waals surface area (Å²) in [6.07, 6.45) is 0. The molecule has 5 heteroatoms. The van der Waals surface area contributed by atoms with Crippen molar-refractivity contribution in [2.24, 2.45) is 4.99 Å². The molecular formula is C20H24N2O3. The Hall–Kier alpha value is -2.53. The lowest BCUT2D eigenvalue weighted by atomic mass is 10.2. The Balaban J connectivity index is 1.53. The van der Waals surface area contributed by atoms with E-state index < -0.39 is 0 Å². The average molecular weight is 340 g/mol. The van der Waals surface area contributed by atoms with E-state index in [0.717, 1.165) is 24.4 Å². The molecular weight excluding hydrogens is 316 g/mol. The maximum absolute atomic E-state index is 9.34. The van der Waals surface area contributed by atoms with Crippen molar-refractivity contribution >= 4 is 5.90 Å². The minimum Gasteiger partial charge on any atom is -0.508 e. The third-order valence-electron chi connectivity index (χ3n) is 4.18. The molecule has 3 rings (SSSR count). The predicted molar refractivity (Wildman–Crippen MR) is 98.3 cm³/mol. The van der Waals surface area contributed by atoms with Crippen LogP contribution in [-0.2, 0) is 11.3 Å². The molecule has 1 N–H and O–H groups in total. The van der Waals surface area contributed by atoms with E-state index in [1.807, 2.05) is 12.1 Å². The second-order valence-electron chi connectivity index (χ2n) is 6.23. The van der Waals surface area contributed by atoms with Crippen LogP contribution in [0.25, 0.3) is 0 Å². The van der Waals surface area contributed by atoms with Crippen LogP contribution in [0.3, 0.4) is 0 Å². The van der Waals surface area contributed by atoms with Gasteiger partial charge in [-0.25, -0.2) is 4.99 Å². The van der Waals surface area contributed by atoms with Gasteiger partial charge in [-0.2, -0.15) is 0 Å². The van der Waals surface area contributed by atoms with Crippen molar-refractivity contribution in [2.75, 3.05) is 26.8 Å². The quantitative estimate of drug-likeness (QED) is 0.842. The van der Waals surface area contributed by atoms with Gasteiger partial charge < -0.3 is 19.5 Å². The van der Waals surface area contributed by atoms with E-state index in [-0.39, 0.29) is 11.8 Å². The van der Waals surface area contributed by atoms with Crippen LogP contribution in [0.1, 0.15) is 18.1 Å². The number of phenols is 1. The number of nitrogens with zero attached hydrogens (tertiary/aromatic N) is 2. The topological polar surface area (TPSA) is 54.3 Å². The first kappa shape index (κ1) is 17.3. The van der Waals surface area contributed by atoms with Gasteiger partial charge in [0.05, 0.1) is 0 Å². The zero-order chi connectivity index (χ0) is 17.6. The second-order valence-corrected chi connectivity index (χ2v) is 6.23. The van der Waals surface area contributed by atoms with E-state index in [1.54, 1.807) is 24.3 Å². The van der Waals surface area contributed by atoms with E-state index in [2.05, 4.69) is 36.0 Å². The van der Waals surface area contributed by atoms with E-state index >= 15 is 0 Å². The number of aliphatic imine (C=N–C) groups is 1. The summed E-state index contributed by atoms with van der Waals surface area (Å²) in [5, 5.41) is 9.34. The normalized spacial score (nSPS) is 16.6. The molecule has 0 aromatic heterocycles. The highest BCUT2D eigenvalue weighted by atomic mass is 16.5. The molecule has 2 aromatic rings. The highest BCUT2D eigenvalue weighted by Gasteiger charge is 2.20. The summed E-state index contributed by atoms with van der Waals surface area (Å²) in [7, 11) is 2.11. The van der Waals surface area contributed by atoms with E-state index in [0.29, 0.717) is 19.1 Å². The largest absolute Gasteiger partial charge is 0.508 e. The van der Waals surface area contributed by atoms with Crippen molar-refractivity contribution in [3.8, 4) is 11.5 Å². The fraction of sp³-hybridized carbons (Fsp3) is 0.350. The third kappa shape index (κ3) is 4.73. The van der Waals surface area contributed by atoms with Crippen molar-refractivity contribution in [3.63, 3.8) is 0 Å². The van der Waals surface area contributed by atoms with Gasteiger partial charge in [0, 0.05) is 12.1 Å². The molecule has 1 atom stereocenters. The maximum atomic E-state index is 9.34. The molecule has 0 amide bonds. The number of benzene rings is 2. The smallest absolute Gasteiger partial charge is 0.216 e. The molecule has 1 aliphatic rings. The second kappa shape index (κ2) is 8.03. The molecule has 1 unspecified atom stereocenters. The summed E-state index contributed by atoms with van der Waals surface area (Å²) < 4.78 is 11.5. The van der Waals surface area contributed by atoms with Gasteiger partial charge in [-0.1, -0.05) is 19.1 Å². The van der Waals surface area contributed by atoms with Crippen LogP contribution in [0.2, 0.25) is 0 Å². The number of aromatic hydroxyl groups is 1. The molecule has 132 valence electrons. The molecule has 0 saturated carbocycles. The summed E-state index contributed by atoms with van der Waals surface area (Å²) in [5.41, 5.74) is 2.14. The van der Waals surface area contributed by atoms with Crippen molar-refractivity contribution in [1.82, 2.24) is 4.90 Å². The number of hydrogen-bond donors (Lipinski definition) is 1. The van der Waals surface area contributed by atoms with Crippen LogP contribution in [0.4, 0.5) is 0 Å². The molecule has 2 aromatic carbocycles. The lowest BCUT2D eigenvalue weighted by Crippen LogP contribution is -2.17. The predicted octanol–water partition coefficient (Wildman–Crippen LogP) is 3.07. The number of ether oxygens (including phenoxy) is 2. The van der Waals surface area contributed by atoms with Gasteiger partial charge in [-0.05, 0) is 55.6 Å². The summed E-state index contributed by atoms with van der Waals surface area (Å²) in [4.78, 5) is 6.81. The number of rotatable bonds is 7. The molecule has 0 radical (unpaired) electrons. The molecule has 1 aliphatic heterocycles. The van der Waals surface area contributed by atoms with Crippen LogP contribution >= 0.6 is 0 Å².